The molecular weight excluding hydrogens is 222 g/mol. The molecule has 1 aliphatic heterocycles. The molecule has 100 valence electrons. The van der Waals surface area contributed by atoms with E-state index in [1.54, 1.807) is 4.90 Å². The second-order valence-electron chi connectivity index (χ2n) is 4.86. The highest BCUT2D eigenvalue weighted by Crippen LogP contribution is 2.19. The first kappa shape index (κ1) is 14.4. The Bertz CT molecular complexity index is 260. The van der Waals surface area contributed by atoms with Gasteiger partial charge in [0.15, 0.2) is 0 Å². The molecule has 1 rings (SSSR count). The molecule has 17 heavy (non-hydrogen) atoms. The van der Waals surface area contributed by atoms with Crippen LogP contribution in [0.25, 0.3) is 0 Å². The molecule has 1 saturated heterocycles. The number of aliphatic hydroxyl groups excluding tert-OH is 1. The van der Waals surface area contributed by atoms with Gasteiger partial charge in [-0.3, -0.25) is 4.79 Å². The van der Waals surface area contributed by atoms with E-state index in [2.05, 4.69) is 0 Å². The lowest BCUT2D eigenvalue weighted by atomic mass is 10.2. The predicted molar refractivity (Wildman–Crippen MR) is 64.5 cm³/mol. The van der Waals surface area contributed by atoms with Crippen molar-refractivity contribution in [3.8, 4) is 0 Å². The number of hydrogen-bond acceptors (Lipinski definition) is 5. The second-order valence-corrected chi connectivity index (χ2v) is 4.86. The van der Waals surface area contributed by atoms with E-state index in [0.29, 0.717) is 13.0 Å². The molecule has 1 heterocycles. The molecular formula is C11H23N3O3. The number of β-amino-alcohol motifs (C(OH)–C–C–N with tert-alkyl or cyclic N) is 1. The van der Waals surface area contributed by atoms with Gasteiger partial charge in [0.05, 0.1) is 12.7 Å². The summed E-state index contributed by atoms with van der Waals surface area (Å²) in [6.45, 7) is 1.32. The number of hydrogen-bond donors (Lipinski definition) is 2. The van der Waals surface area contributed by atoms with Gasteiger partial charge >= 0.3 is 0 Å². The van der Waals surface area contributed by atoms with E-state index in [4.69, 9.17) is 10.5 Å². The molecule has 1 aliphatic rings. The van der Waals surface area contributed by atoms with Crippen molar-refractivity contribution in [3.05, 3.63) is 0 Å². The highest BCUT2D eigenvalue weighted by molar-refractivity contribution is 5.82. The van der Waals surface area contributed by atoms with Gasteiger partial charge in [0.25, 0.3) is 0 Å². The SMILES string of the molecule is COCC(N)C(=O)N1CC(O)CC1CN(C)C. The predicted octanol–water partition coefficient (Wildman–Crippen LogP) is -1.52. The van der Waals surface area contributed by atoms with Crippen molar-refractivity contribution in [2.75, 3.05) is 40.9 Å². The molecule has 0 saturated carbocycles. The second kappa shape index (κ2) is 6.30. The molecule has 3 N–H and O–H groups in total. The van der Waals surface area contributed by atoms with Gasteiger partial charge in [0.1, 0.15) is 6.04 Å². The number of likely N-dealkylation sites (N-methyl/N-ethyl adjacent to an activating group) is 1. The van der Waals surface area contributed by atoms with E-state index in [0.717, 1.165) is 6.54 Å². The first-order valence-electron chi connectivity index (χ1n) is 5.83. The van der Waals surface area contributed by atoms with Crippen LogP contribution in [-0.4, -0.2) is 79.9 Å². The van der Waals surface area contributed by atoms with Gasteiger partial charge in [0.2, 0.25) is 5.91 Å². The van der Waals surface area contributed by atoms with Crippen molar-refractivity contribution in [2.24, 2.45) is 5.73 Å². The largest absolute Gasteiger partial charge is 0.391 e. The molecule has 6 nitrogen and oxygen atoms in total. The summed E-state index contributed by atoms with van der Waals surface area (Å²) in [5.41, 5.74) is 5.73. The van der Waals surface area contributed by atoms with Crippen LogP contribution in [0.1, 0.15) is 6.42 Å². The number of ether oxygens (including phenoxy) is 1. The summed E-state index contributed by atoms with van der Waals surface area (Å²) in [6, 6.07) is -0.606. The minimum Gasteiger partial charge on any atom is -0.391 e. The number of amides is 1. The number of rotatable bonds is 5. The Kier molecular flexibility index (Phi) is 5.32. The first-order valence-corrected chi connectivity index (χ1v) is 5.83. The average Bonchev–Trinajstić information content (AvgIpc) is 2.57. The molecule has 0 aliphatic carbocycles. The third-order valence-electron chi connectivity index (χ3n) is 2.91. The Morgan fingerprint density at radius 3 is 2.82 bits per heavy atom. The topological polar surface area (TPSA) is 79.0 Å². The van der Waals surface area contributed by atoms with Crippen molar-refractivity contribution >= 4 is 5.91 Å². The Morgan fingerprint density at radius 2 is 2.29 bits per heavy atom. The van der Waals surface area contributed by atoms with E-state index in [-0.39, 0.29) is 18.6 Å². The summed E-state index contributed by atoms with van der Waals surface area (Å²) < 4.78 is 4.88. The third-order valence-corrected chi connectivity index (χ3v) is 2.91. The Morgan fingerprint density at radius 1 is 1.65 bits per heavy atom. The lowest BCUT2D eigenvalue weighted by Crippen LogP contribution is -2.50. The third kappa shape index (κ3) is 3.92. The number of methoxy groups -OCH3 is 1. The smallest absolute Gasteiger partial charge is 0.242 e. The zero-order chi connectivity index (χ0) is 13.0. The van der Waals surface area contributed by atoms with Crippen LogP contribution in [-0.2, 0) is 9.53 Å². The first-order chi connectivity index (χ1) is 7.95. The van der Waals surface area contributed by atoms with Crippen molar-refractivity contribution in [1.29, 1.82) is 0 Å². The maximum absolute atomic E-state index is 12.1. The van der Waals surface area contributed by atoms with Gasteiger partial charge in [-0.15, -0.1) is 0 Å². The standard InChI is InChI=1S/C11H23N3O3/c1-13(2)5-8-4-9(15)6-14(8)11(16)10(12)7-17-3/h8-10,15H,4-7,12H2,1-3H3. The van der Waals surface area contributed by atoms with Crippen LogP contribution in [0.2, 0.25) is 0 Å². The van der Waals surface area contributed by atoms with E-state index >= 15 is 0 Å². The fourth-order valence-electron chi connectivity index (χ4n) is 2.22. The molecule has 0 spiro atoms. The van der Waals surface area contributed by atoms with Crippen LogP contribution < -0.4 is 5.73 Å². The summed E-state index contributed by atoms with van der Waals surface area (Å²) in [5.74, 6) is -0.143. The fourth-order valence-corrected chi connectivity index (χ4v) is 2.22. The average molecular weight is 245 g/mol. The molecule has 0 radical (unpaired) electrons. The van der Waals surface area contributed by atoms with Crippen molar-refractivity contribution in [3.63, 3.8) is 0 Å². The summed E-state index contributed by atoms with van der Waals surface area (Å²) in [5, 5.41) is 9.66. The zero-order valence-electron chi connectivity index (χ0n) is 10.8. The highest BCUT2D eigenvalue weighted by Gasteiger charge is 2.36. The molecule has 0 aromatic rings. The van der Waals surface area contributed by atoms with Gasteiger partial charge in [0, 0.05) is 26.2 Å². The van der Waals surface area contributed by atoms with Crippen LogP contribution in [0.15, 0.2) is 0 Å². The number of likely N-dealkylation sites (tertiary alicyclic amines) is 1. The van der Waals surface area contributed by atoms with Gasteiger partial charge in [-0.25, -0.2) is 0 Å². The molecule has 1 fully saturated rings. The van der Waals surface area contributed by atoms with Crippen LogP contribution in [0.4, 0.5) is 0 Å². The fraction of sp³-hybridized carbons (Fsp3) is 0.909. The lowest BCUT2D eigenvalue weighted by molar-refractivity contribution is -0.135. The van der Waals surface area contributed by atoms with Crippen LogP contribution in [0.3, 0.4) is 0 Å². The van der Waals surface area contributed by atoms with Gasteiger partial charge in [-0.1, -0.05) is 0 Å². The van der Waals surface area contributed by atoms with Gasteiger partial charge in [-0.05, 0) is 20.5 Å². The Labute approximate surface area is 102 Å². The van der Waals surface area contributed by atoms with Gasteiger partial charge < -0.3 is 25.4 Å². The van der Waals surface area contributed by atoms with E-state index in [1.165, 1.54) is 7.11 Å². The van der Waals surface area contributed by atoms with Gasteiger partial charge in [-0.2, -0.15) is 0 Å². The minimum atomic E-state index is -0.644. The normalized spacial score (nSPS) is 26.6. The highest BCUT2D eigenvalue weighted by atomic mass is 16.5. The number of nitrogens with two attached hydrogens (primary N) is 1. The molecule has 6 heteroatoms. The Balaban J connectivity index is 2.62. The zero-order valence-corrected chi connectivity index (χ0v) is 10.8. The van der Waals surface area contributed by atoms with Crippen LogP contribution >= 0.6 is 0 Å². The maximum atomic E-state index is 12.1. The molecule has 0 bridgehead atoms. The van der Waals surface area contributed by atoms with E-state index < -0.39 is 12.1 Å². The van der Waals surface area contributed by atoms with Crippen molar-refractivity contribution < 1.29 is 14.6 Å². The number of carbonyl (C=O) groups excluding carboxylic acids is 1. The number of carbonyl (C=O) groups is 1. The maximum Gasteiger partial charge on any atom is 0.242 e. The summed E-state index contributed by atoms with van der Waals surface area (Å²) >= 11 is 0. The van der Waals surface area contributed by atoms with E-state index in [9.17, 15) is 9.90 Å². The molecule has 3 atom stereocenters. The summed E-state index contributed by atoms with van der Waals surface area (Å²) in [4.78, 5) is 15.7. The van der Waals surface area contributed by atoms with Crippen LogP contribution in [0.5, 0.6) is 0 Å². The molecule has 0 aromatic carbocycles. The van der Waals surface area contributed by atoms with Crippen molar-refractivity contribution in [2.45, 2.75) is 24.6 Å². The number of aliphatic hydroxyl groups is 1. The summed E-state index contributed by atoms with van der Waals surface area (Å²) in [7, 11) is 5.41. The Hall–Kier alpha value is -0.690. The van der Waals surface area contributed by atoms with Crippen LogP contribution in [0, 0.1) is 0 Å². The monoisotopic (exact) mass is 245 g/mol. The lowest BCUT2D eigenvalue weighted by Gasteiger charge is -2.28. The van der Waals surface area contributed by atoms with E-state index in [1.807, 2.05) is 19.0 Å². The summed E-state index contributed by atoms with van der Waals surface area (Å²) in [6.07, 6.45) is 0.169. The molecule has 3 unspecified atom stereocenters. The molecule has 1 amide bonds. The minimum absolute atomic E-state index is 0.0374. The number of nitrogens with zero attached hydrogens (tertiary/aromatic N) is 2. The molecule has 0 aromatic heterocycles. The quantitative estimate of drug-likeness (QED) is 0.615. The van der Waals surface area contributed by atoms with Crippen molar-refractivity contribution in [1.82, 2.24) is 9.80 Å².